The lowest BCUT2D eigenvalue weighted by atomic mass is 10.1. The summed E-state index contributed by atoms with van der Waals surface area (Å²) in [5, 5.41) is 3.04. The lowest BCUT2D eigenvalue weighted by Gasteiger charge is -2.35. The fraction of sp³-hybridized carbons (Fsp3) is 0.562. The van der Waals surface area contributed by atoms with Crippen LogP contribution in [0.1, 0.15) is 16.9 Å². The standard InChI is InChI=1S/C16H18F3N5OS/c17-16(18,19)8-20-15(25)24-6-4-23(5-7-24)13-12-10-2-1-3-11(10)26-14(12)22-9-21-13/h9H,1-8H2,(H,20,25). The lowest BCUT2D eigenvalue weighted by Crippen LogP contribution is -2.53. The smallest absolute Gasteiger partial charge is 0.352 e. The minimum absolute atomic E-state index is 0.363. The molecular weight excluding hydrogens is 367 g/mol. The second-order valence-corrected chi connectivity index (χ2v) is 7.57. The summed E-state index contributed by atoms with van der Waals surface area (Å²) in [6.45, 7) is 0.495. The Bertz CT molecular complexity index is 829. The molecule has 1 N–H and O–H groups in total. The van der Waals surface area contributed by atoms with Gasteiger partial charge in [0.2, 0.25) is 0 Å². The zero-order valence-corrected chi connectivity index (χ0v) is 14.8. The van der Waals surface area contributed by atoms with E-state index in [-0.39, 0.29) is 0 Å². The fourth-order valence-electron chi connectivity index (χ4n) is 3.56. The molecule has 4 rings (SSSR count). The molecule has 1 fully saturated rings. The number of amides is 2. The molecule has 10 heteroatoms. The van der Waals surface area contributed by atoms with Gasteiger partial charge in [0, 0.05) is 31.1 Å². The molecule has 0 saturated carbocycles. The molecule has 2 aromatic heterocycles. The Morgan fingerprint density at radius 1 is 1.19 bits per heavy atom. The van der Waals surface area contributed by atoms with Crippen molar-refractivity contribution in [2.45, 2.75) is 25.4 Å². The van der Waals surface area contributed by atoms with E-state index in [2.05, 4.69) is 14.9 Å². The Labute approximate surface area is 152 Å². The van der Waals surface area contributed by atoms with Crippen LogP contribution in [0.25, 0.3) is 10.2 Å². The van der Waals surface area contributed by atoms with Crippen molar-refractivity contribution < 1.29 is 18.0 Å². The van der Waals surface area contributed by atoms with Gasteiger partial charge >= 0.3 is 12.2 Å². The molecule has 1 aliphatic heterocycles. The normalized spacial score (nSPS) is 17.7. The molecule has 1 aliphatic carbocycles. The number of carbonyl (C=O) groups excluding carboxylic acids is 1. The predicted molar refractivity (Wildman–Crippen MR) is 92.7 cm³/mol. The number of urea groups is 1. The molecule has 2 aliphatic rings. The van der Waals surface area contributed by atoms with Crippen LogP contribution in [0.15, 0.2) is 6.33 Å². The first-order valence-electron chi connectivity index (χ1n) is 8.52. The number of hydrogen-bond acceptors (Lipinski definition) is 5. The van der Waals surface area contributed by atoms with Gasteiger partial charge in [-0.25, -0.2) is 14.8 Å². The van der Waals surface area contributed by atoms with Gasteiger partial charge < -0.3 is 15.1 Å². The van der Waals surface area contributed by atoms with Crippen molar-refractivity contribution in [2.24, 2.45) is 0 Å². The SMILES string of the molecule is O=C(NCC(F)(F)F)N1CCN(c2ncnc3sc4c(c23)CCC4)CC1. The number of nitrogens with one attached hydrogen (secondary N) is 1. The number of alkyl halides is 3. The molecule has 0 atom stereocenters. The number of anilines is 1. The maximum absolute atomic E-state index is 12.2. The third-order valence-electron chi connectivity index (χ3n) is 4.79. The summed E-state index contributed by atoms with van der Waals surface area (Å²) in [5.74, 6) is 0.879. The number of aryl methyl sites for hydroxylation is 2. The number of fused-ring (bicyclic) bond motifs is 3. The fourth-order valence-corrected chi connectivity index (χ4v) is 4.78. The molecule has 6 nitrogen and oxygen atoms in total. The van der Waals surface area contributed by atoms with E-state index in [1.807, 2.05) is 5.32 Å². The number of rotatable bonds is 2. The summed E-state index contributed by atoms with van der Waals surface area (Å²) in [4.78, 5) is 26.6. The van der Waals surface area contributed by atoms with Gasteiger partial charge in [-0.05, 0) is 24.8 Å². The van der Waals surface area contributed by atoms with Crippen LogP contribution in [0.3, 0.4) is 0 Å². The van der Waals surface area contributed by atoms with Gasteiger partial charge in [0.1, 0.15) is 23.5 Å². The zero-order chi connectivity index (χ0) is 18.3. The Hall–Kier alpha value is -2.10. The summed E-state index contributed by atoms with van der Waals surface area (Å²) >= 11 is 1.72. The molecule has 0 radical (unpaired) electrons. The molecule has 3 heterocycles. The Morgan fingerprint density at radius 2 is 1.96 bits per heavy atom. The maximum atomic E-state index is 12.2. The van der Waals surface area contributed by atoms with Crippen molar-refractivity contribution in [3.05, 3.63) is 16.8 Å². The summed E-state index contributed by atoms with van der Waals surface area (Å²) in [7, 11) is 0. The van der Waals surface area contributed by atoms with E-state index in [9.17, 15) is 18.0 Å². The summed E-state index contributed by atoms with van der Waals surface area (Å²) < 4.78 is 36.7. The van der Waals surface area contributed by atoms with Crippen LogP contribution in [-0.4, -0.2) is 59.8 Å². The van der Waals surface area contributed by atoms with E-state index in [1.54, 1.807) is 17.7 Å². The highest BCUT2D eigenvalue weighted by Crippen LogP contribution is 2.40. The molecule has 140 valence electrons. The highest BCUT2D eigenvalue weighted by molar-refractivity contribution is 7.19. The van der Waals surface area contributed by atoms with Gasteiger partial charge in [0.25, 0.3) is 0 Å². The van der Waals surface area contributed by atoms with Crippen molar-refractivity contribution in [2.75, 3.05) is 37.6 Å². The topological polar surface area (TPSA) is 61.4 Å². The van der Waals surface area contributed by atoms with Crippen molar-refractivity contribution >= 4 is 33.4 Å². The molecule has 2 amide bonds. The third-order valence-corrected chi connectivity index (χ3v) is 5.99. The first-order valence-corrected chi connectivity index (χ1v) is 9.34. The summed E-state index contributed by atoms with van der Waals surface area (Å²) in [5.41, 5.74) is 1.34. The van der Waals surface area contributed by atoms with E-state index < -0.39 is 18.8 Å². The average molecular weight is 385 g/mol. The lowest BCUT2D eigenvalue weighted by molar-refractivity contribution is -0.123. The number of thiophene rings is 1. The minimum Gasteiger partial charge on any atom is -0.352 e. The molecule has 0 aromatic carbocycles. The van der Waals surface area contributed by atoms with Crippen LogP contribution in [0.4, 0.5) is 23.8 Å². The number of piperazine rings is 1. The Kier molecular flexibility index (Phi) is 4.37. The van der Waals surface area contributed by atoms with Crippen molar-refractivity contribution in [3.8, 4) is 0 Å². The molecule has 2 aromatic rings. The average Bonchev–Trinajstić information content (AvgIpc) is 3.19. The monoisotopic (exact) mass is 385 g/mol. The molecule has 0 spiro atoms. The maximum Gasteiger partial charge on any atom is 0.405 e. The van der Waals surface area contributed by atoms with Crippen LogP contribution in [0.2, 0.25) is 0 Å². The van der Waals surface area contributed by atoms with Gasteiger partial charge in [-0.15, -0.1) is 11.3 Å². The molecule has 1 saturated heterocycles. The van der Waals surface area contributed by atoms with Crippen molar-refractivity contribution in [1.82, 2.24) is 20.2 Å². The highest BCUT2D eigenvalue weighted by atomic mass is 32.1. The van der Waals surface area contributed by atoms with Crippen LogP contribution in [0.5, 0.6) is 0 Å². The van der Waals surface area contributed by atoms with E-state index in [4.69, 9.17) is 0 Å². The van der Waals surface area contributed by atoms with Gasteiger partial charge in [-0.1, -0.05) is 0 Å². The number of carbonyl (C=O) groups is 1. The number of halogens is 3. The first-order chi connectivity index (χ1) is 12.4. The third kappa shape index (κ3) is 3.29. The molecule has 26 heavy (non-hydrogen) atoms. The Balaban J connectivity index is 1.46. The highest BCUT2D eigenvalue weighted by Gasteiger charge is 2.30. The van der Waals surface area contributed by atoms with E-state index in [1.165, 1.54) is 15.3 Å². The molecular formula is C16H18F3N5OS. The van der Waals surface area contributed by atoms with Crippen molar-refractivity contribution in [1.29, 1.82) is 0 Å². The number of aromatic nitrogens is 2. The largest absolute Gasteiger partial charge is 0.405 e. The first kappa shape index (κ1) is 17.3. The second-order valence-electron chi connectivity index (χ2n) is 6.48. The summed E-state index contributed by atoms with van der Waals surface area (Å²) in [6, 6.07) is -0.675. The molecule has 0 unspecified atom stereocenters. The van der Waals surface area contributed by atoms with E-state index >= 15 is 0 Å². The zero-order valence-electron chi connectivity index (χ0n) is 14.0. The predicted octanol–water partition coefficient (Wildman–Crippen LogP) is 2.57. The quantitative estimate of drug-likeness (QED) is 0.863. The number of nitrogens with zero attached hydrogens (tertiary/aromatic N) is 4. The van der Waals surface area contributed by atoms with E-state index in [0.29, 0.717) is 26.2 Å². The number of hydrogen-bond donors (Lipinski definition) is 1. The van der Waals surface area contributed by atoms with Gasteiger partial charge in [0.05, 0.1) is 5.39 Å². The molecule has 0 bridgehead atoms. The minimum atomic E-state index is -4.40. The van der Waals surface area contributed by atoms with Crippen molar-refractivity contribution in [3.63, 3.8) is 0 Å². The second kappa shape index (κ2) is 6.57. The van der Waals surface area contributed by atoms with Crippen LogP contribution in [0, 0.1) is 0 Å². The van der Waals surface area contributed by atoms with Gasteiger partial charge in [-0.3, -0.25) is 0 Å². The summed E-state index contributed by atoms with van der Waals surface area (Å²) in [6.07, 6.45) is 0.437. The van der Waals surface area contributed by atoms with Crippen LogP contribution < -0.4 is 10.2 Å². The van der Waals surface area contributed by atoms with E-state index in [0.717, 1.165) is 35.3 Å². The van der Waals surface area contributed by atoms with Crippen LogP contribution in [-0.2, 0) is 12.8 Å². The van der Waals surface area contributed by atoms with Gasteiger partial charge in [0.15, 0.2) is 0 Å². The van der Waals surface area contributed by atoms with Crippen LogP contribution >= 0.6 is 11.3 Å². The van der Waals surface area contributed by atoms with Gasteiger partial charge in [-0.2, -0.15) is 13.2 Å². The Morgan fingerprint density at radius 3 is 2.69 bits per heavy atom.